The number of nitrogens with one attached hydrogen (secondary N) is 1. The van der Waals surface area contributed by atoms with Crippen LogP contribution < -0.4 is 5.32 Å². The summed E-state index contributed by atoms with van der Waals surface area (Å²) in [6, 6.07) is 7.79. The van der Waals surface area contributed by atoms with E-state index in [1.54, 1.807) is 13.8 Å². The molecule has 304 valence electrons. The minimum atomic E-state index is -1.18. The number of benzene rings is 1. The van der Waals surface area contributed by atoms with E-state index in [0.717, 1.165) is 56.1 Å². The Morgan fingerprint density at radius 1 is 0.964 bits per heavy atom. The Morgan fingerprint density at radius 3 is 2.25 bits per heavy atom. The van der Waals surface area contributed by atoms with Crippen LogP contribution in [0.2, 0.25) is 5.02 Å². The summed E-state index contributed by atoms with van der Waals surface area (Å²) in [5.41, 5.74) is 1.87. The van der Waals surface area contributed by atoms with Crippen molar-refractivity contribution in [1.82, 2.24) is 5.32 Å². The number of hydrogen-bond donors (Lipinski definition) is 2. The van der Waals surface area contributed by atoms with Crippen LogP contribution in [-0.4, -0.2) is 47.6 Å². The molecule has 0 heterocycles. The smallest absolute Gasteiger partial charge is 0.309 e. The van der Waals surface area contributed by atoms with Gasteiger partial charge in [0.15, 0.2) is 5.78 Å². The number of carboxylic acids is 1. The largest absolute Gasteiger partial charge is 0.481 e. The van der Waals surface area contributed by atoms with Crippen LogP contribution in [0.4, 0.5) is 0 Å². The topological polar surface area (TPSA) is 119 Å². The Morgan fingerprint density at radius 2 is 1.64 bits per heavy atom. The number of aliphatic carboxylic acids is 1. The summed E-state index contributed by atoms with van der Waals surface area (Å²) in [6.07, 6.45) is 6.44. The molecule has 0 aliphatic heterocycles. The van der Waals surface area contributed by atoms with Gasteiger partial charge in [0.1, 0.15) is 12.2 Å². The predicted octanol–water partition coefficient (Wildman–Crippen LogP) is 9.61. The average molecular weight is 780 g/mol. The van der Waals surface area contributed by atoms with E-state index in [4.69, 9.17) is 21.1 Å². The lowest BCUT2D eigenvalue weighted by Gasteiger charge is -2.72. The van der Waals surface area contributed by atoms with Crippen molar-refractivity contribution in [2.75, 3.05) is 6.54 Å². The van der Waals surface area contributed by atoms with E-state index in [2.05, 4.69) is 53.8 Å². The number of ether oxygens (including phenoxy) is 2. The molecule has 8 nitrogen and oxygen atoms in total. The lowest BCUT2D eigenvalue weighted by atomic mass is 9.33. The zero-order valence-electron chi connectivity index (χ0n) is 35.0. The third-order valence-electron chi connectivity index (χ3n) is 16.2. The van der Waals surface area contributed by atoms with Crippen molar-refractivity contribution in [3.05, 3.63) is 46.0 Å². The molecule has 5 aliphatic rings. The highest BCUT2D eigenvalue weighted by molar-refractivity contribution is 6.30. The first kappa shape index (κ1) is 41.9. The first-order valence-electron chi connectivity index (χ1n) is 20.9. The number of carboxylic acid groups (broad SMARTS) is 1. The van der Waals surface area contributed by atoms with Crippen LogP contribution >= 0.6 is 11.6 Å². The molecule has 0 bridgehead atoms. The van der Waals surface area contributed by atoms with E-state index in [1.807, 2.05) is 24.3 Å². The zero-order chi connectivity index (χ0) is 40.5. The molecule has 0 saturated heterocycles. The minimum Gasteiger partial charge on any atom is -0.481 e. The standard InChI is InChI=1S/C46H66ClNO7/c1-26(2)39-33(50)21-30-31(34(54-27(3)49)25-48-24-28-11-13-29(47)14-12-28)22-46(10)32(40(30)39)15-16-36-44(8)19-18-37(55-38(51)23-42(4,5)41(52)53)43(6,7)35(44)17-20-45(36,46)9/h11-14,26,30-32,34-37,48H,15-25H2,1-10H3,(H,52,53)/t30?,31-,32+,34-,35-,36+,37-,44-,45+,46+/m0/s1. The van der Waals surface area contributed by atoms with E-state index in [0.29, 0.717) is 42.3 Å². The molecular formula is C46H66ClNO7. The van der Waals surface area contributed by atoms with Crippen molar-refractivity contribution in [3.8, 4) is 0 Å². The van der Waals surface area contributed by atoms with Crippen molar-refractivity contribution < 1.29 is 33.8 Å². The van der Waals surface area contributed by atoms with Gasteiger partial charge >= 0.3 is 17.9 Å². The average Bonchev–Trinajstić information content (AvgIpc) is 3.43. The fourth-order valence-electron chi connectivity index (χ4n) is 13.4. The van der Waals surface area contributed by atoms with Crippen molar-refractivity contribution in [2.45, 2.75) is 146 Å². The highest BCUT2D eigenvalue weighted by Gasteiger charge is 2.70. The number of esters is 2. The molecule has 55 heavy (non-hydrogen) atoms. The van der Waals surface area contributed by atoms with E-state index in [-0.39, 0.29) is 69.8 Å². The van der Waals surface area contributed by atoms with Crippen LogP contribution in [0.25, 0.3) is 0 Å². The number of fused-ring (bicyclic) bond motifs is 7. The van der Waals surface area contributed by atoms with Gasteiger partial charge in [0.05, 0.1) is 11.8 Å². The number of halogens is 1. The third kappa shape index (κ3) is 7.23. The van der Waals surface area contributed by atoms with E-state index in [1.165, 1.54) is 12.5 Å². The molecule has 1 unspecified atom stereocenters. The molecule has 5 aliphatic carbocycles. The molecule has 4 saturated carbocycles. The van der Waals surface area contributed by atoms with Gasteiger partial charge in [-0.15, -0.1) is 0 Å². The number of ketones is 1. The summed E-state index contributed by atoms with van der Waals surface area (Å²) in [5.74, 6) is -0.225. The lowest BCUT2D eigenvalue weighted by Crippen LogP contribution is -2.66. The number of carbonyl (C=O) groups excluding carboxylic acids is 3. The molecule has 0 amide bonds. The molecule has 1 aromatic carbocycles. The predicted molar refractivity (Wildman–Crippen MR) is 214 cm³/mol. The van der Waals surface area contributed by atoms with E-state index >= 15 is 0 Å². The molecule has 2 N–H and O–H groups in total. The summed E-state index contributed by atoms with van der Waals surface area (Å²) in [7, 11) is 0. The van der Waals surface area contributed by atoms with E-state index < -0.39 is 17.4 Å². The molecule has 0 spiro atoms. The van der Waals surface area contributed by atoms with Crippen LogP contribution in [0, 0.1) is 62.6 Å². The normalized spacial score (nSPS) is 36.0. The number of Topliss-reactive ketones (excluding diaryl/α,β-unsaturated/α-hetero) is 1. The van der Waals surface area contributed by atoms with Crippen LogP contribution in [0.1, 0.15) is 133 Å². The maximum Gasteiger partial charge on any atom is 0.309 e. The third-order valence-corrected chi connectivity index (χ3v) is 16.4. The maximum atomic E-state index is 14.0. The second-order valence-corrected chi connectivity index (χ2v) is 20.8. The molecule has 10 atom stereocenters. The fraction of sp³-hybridized carbons (Fsp3) is 0.739. The molecule has 9 heteroatoms. The molecule has 0 aromatic heterocycles. The highest BCUT2D eigenvalue weighted by Crippen LogP contribution is 2.76. The number of hydrogen-bond acceptors (Lipinski definition) is 7. The fourth-order valence-corrected chi connectivity index (χ4v) is 13.5. The van der Waals surface area contributed by atoms with Crippen LogP contribution in [-0.2, 0) is 35.2 Å². The van der Waals surface area contributed by atoms with Gasteiger partial charge in [-0.05, 0) is 128 Å². The number of carbonyl (C=O) groups is 4. The number of rotatable bonds is 11. The Hall–Kier alpha value is -2.71. The van der Waals surface area contributed by atoms with Crippen LogP contribution in [0.3, 0.4) is 0 Å². The maximum absolute atomic E-state index is 14.0. The molecular weight excluding hydrogens is 714 g/mol. The van der Waals surface area contributed by atoms with Gasteiger partial charge in [0.25, 0.3) is 0 Å². The Bertz CT molecular complexity index is 1710. The summed E-state index contributed by atoms with van der Waals surface area (Å²) in [5, 5.41) is 13.9. The van der Waals surface area contributed by atoms with Crippen LogP contribution in [0.5, 0.6) is 0 Å². The van der Waals surface area contributed by atoms with Crippen LogP contribution in [0.15, 0.2) is 35.4 Å². The van der Waals surface area contributed by atoms with Gasteiger partial charge in [0.2, 0.25) is 0 Å². The highest BCUT2D eigenvalue weighted by atomic mass is 35.5. The second kappa shape index (κ2) is 14.9. The Balaban J connectivity index is 1.32. The van der Waals surface area contributed by atoms with Gasteiger partial charge in [-0.1, -0.05) is 77.8 Å². The first-order valence-corrected chi connectivity index (χ1v) is 21.3. The van der Waals surface area contributed by atoms with Gasteiger partial charge < -0.3 is 19.9 Å². The van der Waals surface area contributed by atoms with Gasteiger partial charge in [0, 0.05) is 42.8 Å². The van der Waals surface area contributed by atoms with Crippen molar-refractivity contribution >= 4 is 35.3 Å². The molecule has 0 radical (unpaired) electrons. The van der Waals surface area contributed by atoms with Gasteiger partial charge in [-0.2, -0.15) is 0 Å². The molecule has 1 aromatic rings. The summed E-state index contributed by atoms with van der Waals surface area (Å²) in [6.45, 7) is 22.2. The van der Waals surface area contributed by atoms with Gasteiger partial charge in [-0.3, -0.25) is 19.2 Å². The first-order chi connectivity index (χ1) is 25.6. The van der Waals surface area contributed by atoms with Crippen molar-refractivity contribution in [2.24, 2.45) is 62.6 Å². The molecule has 6 rings (SSSR count). The van der Waals surface area contributed by atoms with Gasteiger partial charge in [-0.25, -0.2) is 0 Å². The number of allylic oxidation sites excluding steroid dienone is 2. The lowest BCUT2D eigenvalue weighted by molar-refractivity contribution is -0.237. The SMILES string of the molecule is CC(=O)O[C@@H](CNCc1ccc(Cl)cc1)[C@H]1C[C@]2(C)[C@H](CC[C@@H]3[C@@]4(C)CC[C@H](OC(=O)CC(C)(C)C(=O)O)C(C)(C)[C@@H]4CC[C@]32C)C2=C(C(C)C)C(=O)CC21. The van der Waals surface area contributed by atoms with Crippen molar-refractivity contribution in [3.63, 3.8) is 0 Å². The Kier molecular flexibility index (Phi) is 11.4. The second-order valence-electron chi connectivity index (χ2n) is 20.3. The summed E-state index contributed by atoms with van der Waals surface area (Å²) in [4.78, 5) is 51.8. The minimum absolute atomic E-state index is 0.000755. The monoisotopic (exact) mass is 779 g/mol. The summed E-state index contributed by atoms with van der Waals surface area (Å²) < 4.78 is 12.5. The van der Waals surface area contributed by atoms with E-state index in [9.17, 15) is 24.3 Å². The zero-order valence-corrected chi connectivity index (χ0v) is 35.7. The van der Waals surface area contributed by atoms with Crippen molar-refractivity contribution in [1.29, 1.82) is 0 Å². The molecule has 4 fully saturated rings. The Labute approximate surface area is 334 Å². The quantitative estimate of drug-likeness (QED) is 0.213. The summed E-state index contributed by atoms with van der Waals surface area (Å²) >= 11 is 6.15.